The summed E-state index contributed by atoms with van der Waals surface area (Å²) < 4.78 is 34.1. The van der Waals surface area contributed by atoms with Crippen LogP contribution in [0.4, 0.5) is 0 Å². The van der Waals surface area contributed by atoms with Gasteiger partial charge in [0.15, 0.2) is 0 Å². The Morgan fingerprint density at radius 1 is 0.947 bits per heavy atom. The molecule has 19 heavy (non-hydrogen) atoms. The van der Waals surface area contributed by atoms with Crippen molar-refractivity contribution in [3.8, 4) is 0 Å². The van der Waals surface area contributed by atoms with Crippen LogP contribution in [0.2, 0.25) is 0 Å². The lowest BCUT2D eigenvalue weighted by molar-refractivity contribution is 0.221. The van der Waals surface area contributed by atoms with E-state index in [9.17, 15) is 0 Å². The fraction of sp³-hybridized carbons (Fsp3) is 1.00. The quantitative estimate of drug-likeness (QED) is 0.400. The lowest BCUT2D eigenvalue weighted by atomic mass is 9.94. The molecule has 2 unspecified atom stereocenters. The Balaban J connectivity index is 0. The highest BCUT2D eigenvalue weighted by Gasteiger charge is 2.05. The van der Waals surface area contributed by atoms with Crippen LogP contribution in [0.1, 0.15) is 65.7 Å². The molecule has 1 N–H and O–H groups in total. The summed E-state index contributed by atoms with van der Waals surface area (Å²) in [5.74, 6) is 1.34. The SMILES string of the molecule is CCCCCCC(C)CCC(C)CO.O=S(=O)([O-])[O-]. The molecule has 0 heterocycles. The second kappa shape index (κ2) is 12.8. The molecule has 5 nitrogen and oxygen atoms in total. The molecule has 0 aromatic rings. The molecular formula is C13H28O5S-2. The van der Waals surface area contributed by atoms with E-state index in [4.69, 9.17) is 22.6 Å². The van der Waals surface area contributed by atoms with Crippen LogP contribution in [0.25, 0.3) is 0 Å². The summed E-state index contributed by atoms with van der Waals surface area (Å²) >= 11 is 0. The van der Waals surface area contributed by atoms with Crippen molar-refractivity contribution >= 4 is 10.4 Å². The Labute approximate surface area is 118 Å². The number of unbranched alkanes of at least 4 members (excludes halogenated alkanes) is 3. The van der Waals surface area contributed by atoms with E-state index in [0.29, 0.717) is 12.5 Å². The first-order chi connectivity index (χ1) is 8.70. The molecule has 0 bridgehead atoms. The van der Waals surface area contributed by atoms with Gasteiger partial charge in [-0.25, -0.2) is 0 Å². The van der Waals surface area contributed by atoms with Crippen LogP contribution < -0.4 is 0 Å². The zero-order chi connectivity index (χ0) is 15.3. The van der Waals surface area contributed by atoms with E-state index < -0.39 is 10.4 Å². The van der Waals surface area contributed by atoms with Crippen LogP contribution in [0.3, 0.4) is 0 Å². The first-order valence-electron chi connectivity index (χ1n) is 6.98. The monoisotopic (exact) mass is 296 g/mol. The third kappa shape index (κ3) is 27.1. The number of hydrogen-bond acceptors (Lipinski definition) is 5. The second-order valence-corrected chi connectivity index (χ2v) is 6.04. The van der Waals surface area contributed by atoms with Gasteiger partial charge in [-0.05, 0) is 18.3 Å². The van der Waals surface area contributed by atoms with Gasteiger partial charge in [-0.15, -0.1) is 0 Å². The Morgan fingerprint density at radius 3 is 1.84 bits per heavy atom. The molecule has 0 saturated carbocycles. The van der Waals surface area contributed by atoms with E-state index >= 15 is 0 Å². The van der Waals surface area contributed by atoms with Crippen LogP contribution in [-0.4, -0.2) is 29.2 Å². The van der Waals surface area contributed by atoms with Crippen molar-refractivity contribution in [3.63, 3.8) is 0 Å². The molecule has 0 aromatic heterocycles. The first-order valence-corrected chi connectivity index (χ1v) is 8.31. The van der Waals surface area contributed by atoms with Gasteiger partial charge in [-0.2, -0.15) is 0 Å². The summed E-state index contributed by atoms with van der Waals surface area (Å²) in [5, 5.41) is 8.89. The maximum atomic E-state index is 8.89. The van der Waals surface area contributed by atoms with Crippen LogP contribution in [0.5, 0.6) is 0 Å². The van der Waals surface area contributed by atoms with Gasteiger partial charge in [0.05, 0.1) is 0 Å². The number of hydrogen-bond donors (Lipinski definition) is 1. The van der Waals surface area contributed by atoms with Gasteiger partial charge in [0.2, 0.25) is 0 Å². The van der Waals surface area contributed by atoms with Crippen molar-refractivity contribution in [3.05, 3.63) is 0 Å². The van der Waals surface area contributed by atoms with Crippen molar-refractivity contribution in [2.45, 2.75) is 65.7 Å². The molecule has 0 aromatic carbocycles. The maximum Gasteiger partial charge on any atom is 0.0456 e. The molecule has 2 atom stereocenters. The molecule has 0 spiro atoms. The van der Waals surface area contributed by atoms with E-state index in [1.165, 1.54) is 44.9 Å². The van der Waals surface area contributed by atoms with Gasteiger partial charge in [0.1, 0.15) is 0 Å². The molecule has 0 saturated heterocycles. The normalized spacial score (nSPS) is 14.4. The summed E-state index contributed by atoms with van der Waals surface area (Å²) in [6, 6.07) is 0. The van der Waals surface area contributed by atoms with Crippen molar-refractivity contribution in [2.75, 3.05) is 6.61 Å². The average Bonchev–Trinajstić information content (AvgIpc) is 2.29. The highest BCUT2D eigenvalue weighted by molar-refractivity contribution is 7.79. The zero-order valence-electron chi connectivity index (χ0n) is 12.3. The Bertz CT molecular complexity index is 269. The van der Waals surface area contributed by atoms with Crippen molar-refractivity contribution in [2.24, 2.45) is 11.8 Å². The molecule has 0 aliphatic carbocycles. The first kappa shape index (κ1) is 21.1. The minimum absolute atomic E-state index is 0.350. The number of aliphatic hydroxyl groups excluding tert-OH is 1. The fourth-order valence-electron chi connectivity index (χ4n) is 1.72. The number of rotatable bonds is 9. The molecule has 0 radical (unpaired) electrons. The smallest absolute Gasteiger partial charge is 0.0456 e. The topological polar surface area (TPSA) is 100 Å². The van der Waals surface area contributed by atoms with E-state index in [-0.39, 0.29) is 0 Å². The van der Waals surface area contributed by atoms with Gasteiger partial charge >= 0.3 is 0 Å². The predicted molar refractivity (Wildman–Crippen MR) is 73.9 cm³/mol. The lowest BCUT2D eigenvalue weighted by Crippen LogP contribution is -2.04. The predicted octanol–water partition coefficient (Wildman–Crippen LogP) is 2.66. The molecule has 0 aliphatic rings. The Kier molecular flexibility index (Phi) is 14.3. The third-order valence-corrected chi connectivity index (χ3v) is 3.01. The summed E-state index contributed by atoms with van der Waals surface area (Å²) in [7, 11) is -5.17. The minimum Gasteiger partial charge on any atom is -0.759 e. The third-order valence-electron chi connectivity index (χ3n) is 3.01. The van der Waals surface area contributed by atoms with Crippen LogP contribution in [-0.2, 0) is 10.4 Å². The molecule has 118 valence electrons. The molecule has 6 heteroatoms. The number of aliphatic hydroxyl groups is 1. The van der Waals surface area contributed by atoms with Gasteiger partial charge in [0.25, 0.3) is 0 Å². The largest absolute Gasteiger partial charge is 0.759 e. The summed E-state index contributed by atoms with van der Waals surface area (Å²) in [6.07, 6.45) is 9.35. The Morgan fingerprint density at radius 2 is 1.42 bits per heavy atom. The van der Waals surface area contributed by atoms with Crippen LogP contribution >= 0.6 is 0 Å². The van der Waals surface area contributed by atoms with Gasteiger partial charge in [-0.1, -0.05) is 59.3 Å². The van der Waals surface area contributed by atoms with Crippen molar-refractivity contribution in [1.82, 2.24) is 0 Å². The van der Waals surface area contributed by atoms with Gasteiger partial charge < -0.3 is 14.2 Å². The zero-order valence-corrected chi connectivity index (χ0v) is 13.1. The lowest BCUT2D eigenvalue weighted by Gasteiger charge is -2.13. The van der Waals surface area contributed by atoms with E-state index in [2.05, 4.69) is 20.8 Å². The summed E-state index contributed by atoms with van der Waals surface area (Å²) in [6.45, 7) is 7.08. The average molecular weight is 296 g/mol. The molecular weight excluding hydrogens is 268 g/mol. The molecule has 0 rings (SSSR count). The van der Waals surface area contributed by atoms with Crippen molar-refractivity contribution < 1.29 is 22.6 Å². The maximum absolute atomic E-state index is 8.89. The molecule has 0 aliphatic heterocycles. The van der Waals surface area contributed by atoms with Gasteiger partial charge in [0, 0.05) is 17.0 Å². The molecule has 0 amide bonds. The van der Waals surface area contributed by atoms with Crippen LogP contribution in [0, 0.1) is 11.8 Å². The van der Waals surface area contributed by atoms with Gasteiger partial charge in [-0.3, -0.25) is 8.42 Å². The summed E-state index contributed by atoms with van der Waals surface area (Å²) in [4.78, 5) is 0. The summed E-state index contributed by atoms with van der Waals surface area (Å²) in [5.41, 5.74) is 0. The van der Waals surface area contributed by atoms with Crippen molar-refractivity contribution in [1.29, 1.82) is 0 Å². The fourth-order valence-corrected chi connectivity index (χ4v) is 1.72. The van der Waals surface area contributed by atoms with Crippen LogP contribution in [0.15, 0.2) is 0 Å². The van der Waals surface area contributed by atoms with E-state index in [1.807, 2.05) is 0 Å². The highest BCUT2D eigenvalue weighted by atomic mass is 32.3. The molecule has 0 fully saturated rings. The minimum atomic E-state index is -5.17. The second-order valence-electron chi connectivity index (χ2n) is 5.23. The Hall–Kier alpha value is -0.170. The van der Waals surface area contributed by atoms with E-state index in [0.717, 1.165) is 5.92 Å². The highest BCUT2D eigenvalue weighted by Crippen LogP contribution is 2.18. The standard InChI is InChI=1S/C13H28O.H2O4S/c1-4-5-6-7-8-12(2)9-10-13(3)11-14;1-5(2,3)4/h12-14H,4-11H2,1-3H3;(H2,1,2,3,4)/p-2. The van der Waals surface area contributed by atoms with E-state index in [1.54, 1.807) is 0 Å².